The predicted octanol–water partition coefficient (Wildman–Crippen LogP) is 7.04. The van der Waals surface area contributed by atoms with Crippen molar-refractivity contribution in [2.75, 3.05) is 0 Å². The molecule has 1 saturated carbocycles. The van der Waals surface area contributed by atoms with Crippen molar-refractivity contribution >= 4 is 12.6 Å². The standard InChI is InChI=1S/C23H42O2/c1-22-20-23(21-22,16-12-8-4-2-6-10-14-18-24)17-13-9-5-3-7-11-15-19-25/h18-19,22H,2-17,20-21H2,1H3. The first-order valence-corrected chi connectivity index (χ1v) is 11.1. The molecule has 0 aliphatic heterocycles. The molecule has 0 amide bonds. The smallest absolute Gasteiger partial charge is 0.119 e. The lowest BCUT2D eigenvalue weighted by Gasteiger charge is -2.47. The summed E-state index contributed by atoms with van der Waals surface area (Å²) in [6.07, 6.45) is 24.9. The average molecular weight is 351 g/mol. The Morgan fingerprint density at radius 2 is 1.00 bits per heavy atom. The number of carbonyl (C=O) groups excluding carboxylic acids is 2. The zero-order valence-electron chi connectivity index (χ0n) is 16.8. The molecule has 146 valence electrons. The Hall–Kier alpha value is -0.660. The van der Waals surface area contributed by atoms with Gasteiger partial charge in [-0.1, -0.05) is 71.1 Å². The van der Waals surface area contributed by atoms with Gasteiger partial charge < -0.3 is 9.59 Å². The van der Waals surface area contributed by atoms with Crippen LogP contribution in [0.15, 0.2) is 0 Å². The van der Waals surface area contributed by atoms with Crippen LogP contribution in [-0.2, 0) is 9.59 Å². The molecule has 0 aromatic heterocycles. The van der Waals surface area contributed by atoms with E-state index in [0.29, 0.717) is 5.41 Å². The van der Waals surface area contributed by atoms with E-state index in [2.05, 4.69) is 6.92 Å². The average Bonchev–Trinajstić information content (AvgIpc) is 2.58. The van der Waals surface area contributed by atoms with Gasteiger partial charge in [0.05, 0.1) is 0 Å². The summed E-state index contributed by atoms with van der Waals surface area (Å²) in [6, 6.07) is 0. The number of carbonyl (C=O) groups is 2. The maximum atomic E-state index is 10.3. The molecule has 0 atom stereocenters. The SMILES string of the molecule is CC1CC(CCCCCCCCC=O)(CCCCCCCCC=O)C1. The number of aldehydes is 2. The molecule has 0 heterocycles. The van der Waals surface area contributed by atoms with E-state index in [4.69, 9.17) is 0 Å². The summed E-state index contributed by atoms with van der Waals surface area (Å²) in [5, 5.41) is 0. The molecule has 1 fully saturated rings. The number of rotatable bonds is 18. The summed E-state index contributed by atoms with van der Waals surface area (Å²) in [5.41, 5.74) is 0.689. The van der Waals surface area contributed by atoms with Crippen LogP contribution in [0.3, 0.4) is 0 Å². The Bertz CT molecular complexity index is 305. The monoisotopic (exact) mass is 350 g/mol. The molecule has 1 aliphatic rings. The Morgan fingerprint density at radius 1 is 0.640 bits per heavy atom. The quantitative estimate of drug-likeness (QED) is 0.196. The minimum absolute atomic E-state index is 0.689. The molecule has 0 bridgehead atoms. The van der Waals surface area contributed by atoms with E-state index < -0.39 is 0 Å². The summed E-state index contributed by atoms with van der Waals surface area (Å²) in [6.45, 7) is 2.41. The molecule has 25 heavy (non-hydrogen) atoms. The van der Waals surface area contributed by atoms with Crippen molar-refractivity contribution in [1.82, 2.24) is 0 Å². The lowest BCUT2D eigenvalue weighted by molar-refractivity contribution is -0.108. The van der Waals surface area contributed by atoms with Crippen molar-refractivity contribution < 1.29 is 9.59 Å². The van der Waals surface area contributed by atoms with Crippen LogP contribution in [0.5, 0.6) is 0 Å². The first-order valence-electron chi connectivity index (χ1n) is 11.1. The van der Waals surface area contributed by atoms with E-state index in [1.807, 2.05) is 0 Å². The Kier molecular flexibility index (Phi) is 13.0. The van der Waals surface area contributed by atoms with E-state index in [1.165, 1.54) is 89.9 Å². The van der Waals surface area contributed by atoms with Gasteiger partial charge in [-0.05, 0) is 49.9 Å². The summed E-state index contributed by atoms with van der Waals surface area (Å²) < 4.78 is 0. The van der Waals surface area contributed by atoms with Crippen LogP contribution >= 0.6 is 0 Å². The highest BCUT2D eigenvalue weighted by atomic mass is 16.1. The normalized spacial score (nSPS) is 16.5. The molecule has 1 aliphatic carbocycles. The van der Waals surface area contributed by atoms with Crippen LogP contribution in [-0.4, -0.2) is 12.6 Å². The third-order valence-electron chi connectivity index (χ3n) is 6.12. The molecule has 1 rings (SSSR count). The van der Waals surface area contributed by atoms with Gasteiger partial charge in [0.2, 0.25) is 0 Å². The summed E-state index contributed by atoms with van der Waals surface area (Å²) >= 11 is 0. The Labute approximate surface area is 156 Å². The van der Waals surface area contributed by atoms with Gasteiger partial charge >= 0.3 is 0 Å². The summed E-state index contributed by atoms with van der Waals surface area (Å²) in [4.78, 5) is 20.6. The van der Waals surface area contributed by atoms with Crippen LogP contribution in [0.4, 0.5) is 0 Å². The minimum atomic E-state index is 0.689. The molecule has 0 radical (unpaired) electrons. The molecule has 0 saturated heterocycles. The van der Waals surface area contributed by atoms with E-state index in [9.17, 15) is 9.59 Å². The van der Waals surface area contributed by atoms with Gasteiger partial charge in [-0.25, -0.2) is 0 Å². The van der Waals surface area contributed by atoms with Crippen LogP contribution in [0, 0.1) is 11.3 Å². The fourth-order valence-electron chi connectivity index (χ4n) is 4.82. The predicted molar refractivity (Wildman–Crippen MR) is 107 cm³/mol. The largest absolute Gasteiger partial charge is 0.303 e. The lowest BCUT2D eigenvalue weighted by Crippen LogP contribution is -2.35. The highest BCUT2D eigenvalue weighted by Crippen LogP contribution is 2.52. The van der Waals surface area contributed by atoms with Crippen molar-refractivity contribution in [3.05, 3.63) is 0 Å². The zero-order valence-corrected chi connectivity index (χ0v) is 16.8. The van der Waals surface area contributed by atoms with Crippen LogP contribution in [0.25, 0.3) is 0 Å². The van der Waals surface area contributed by atoms with Crippen LogP contribution in [0.1, 0.15) is 122 Å². The molecule has 2 nitrogen and oxygen atoms in total. The number of unbranched alkanes of at least 4 members (excludes halogenated alkanes) is 12. The molecule has 2 heteroatoms. The fourth-order valence-corrected chi connectivity index (χ4v) is 4.82. The first kappa shape index (κ1) is 22.4. The van der Waals surface area contributed by atoms with Gasteiger partial charge in [-0.3, -0.25) is 0 Å². The molecule has 0 spiro atoms. The van der Waals surface area contributed by atoms with Gasteiger partial charge in [0.1, 0.15) is 12.6 Å². The maximum Gasteiger partial charge on any atom is 0.119 e. The topological polar surface area (TPSA) is 34.1 Å². The highest BCUT2D eigenvalue weighted by molar-refractivity contribution is 5.49. The molecule has 0 N–H and O–H groups in total. The third-order valence-corrected chi connectivity index (χ3v) is 6.12. The van der Waals surface area contributed by atoms with Gasteiger partial charge in [0.15, 0.2) is 0 Å². The Balaban J connectivity index is 2.01. The van der Waals surface area contributed by atoms with Crippen LogP contribution < -0.4 is 0 Å². The van der Waals surface area contributed by atoms with E-state index in [0.717, 1.165) is 44.2 Å². The number of hydrogen-bond donors (Lipinski definition) is 0. The van der Waals surface area contributed by atoms with E-state index >= 15 is 0 Å². The zero-order chi connectivity index (χ0) is 18.2. The van der Waals surface area contributed by atoms with Gasteiger partial charge in [0, 0.05) is 12.8 Å². The lowest BCUT2D eigenvalue weighted by atomic mass is 9.58. The molecular formula is C23H42O2. The molecular weight excluding hydrogens is 308 g/mol. The van der Waals surface area contributed by atoms with Gasteiger partial charge in [-0.2, -0.15) is 0 Å². The van der Waals surface area contributed by atoms with Gasteiger partial charge in [-0.15, -0.1) is 0 Å². The Morgan fingerprint density at radius 3 is 1.36 bits per heavy atom. The first-order chi connectivity index (χ1) is 12.2. The molecule has 0 aromatic rings. The van der Waals surface area contributed by atoms with E-state index in [-0.39, 0.29) is 0 Å². The number of hydrogen-bond acceptors (Lipinski definition) is 2. The maximum absolute atomic E-state index is 10.3. The summed E-state index contributed by atoms with van der Waals surface area (Å²) in [5.74, 6) is 0.951. The van der Waals surface area contributed by atoms with Crippen molar-refractivity contribution in [3.8, 4) is 0 Å². The minimum Gasteiger partial charge on any atom is -0.303 e. The summed E-state index contributed by atoms with van der Waals surface area (Å²) in [7, 11) is 0. The highest BCUT2D eigenvalue weighted by Gasteiger charge is 2.40. The van der Waals surface area contributed by atoms with Crippen molar-refractivity contribution in [1.29, 1.82) is 0 Å². The second-order valence-electron chi connectivity index (χ2n) is 8.67. The van der Waals surface area contributed by atoms with Crippen molar-refractivity contribution in [2.24, 2.45) is 11.3 Å². The van der Waals surface area contributed by atoms with Crippen molar-refractivity contribution in [2.45, 2.75) is 122 Å². The fraction of sp³-hybridized carbons (Fsp3) is 0.913. The third kappa shape index (κ3) is 10.8. The van der Waals surface area contributed by atoms with Crippen molar-refractivity contribution in [3.63, 3.8) is 0 Å². The second-order valence-corrected chi connectivity index (χ2v) is 8.67. The molecule has 0 aromatic carbocycles. The van der Waals surface area contributed by atoms with Gasteiger partial charge in [0.25, 0.3) is 0 Å². The van der Waals surface area contributed by atoms with E-state index in [1.54, 1.807) is 0 Å². The van der Waals surface area contributed by atoms with Crippen LogP contribution in [0.2, 0.25) is 0 Å². The second kappa shape index (κ2) is 14.5. The molecule has 0 unspecified atom stereocenters.